The van der Waals surface area contributed by atoms with Gasteiger partial charge in [0.2, 0.25) is 35.4 Å². The van der Waals surface area contributed by atoms with Gasteiger partial charge in [0.05, 0.1) is 25.6 Å². The van der Waals surface area contributed by atoms with Gasteiger partial charge in [0, 0.05) is 24.9 Å². The van der Waals surface area contributed by atoms with E-state index in [4.69, 9.17) is 5.73 Å². The quantitative estimate of drug-likeness (QED) is 0.0736. The number of ether oxygens (including phenoxy) is 1. The molecule has 18 nitrogen and oxygen atoms in total. The number of nitrogens with zero attached hydrogens (tertiary/aromatic N) is 2. The topological polar surface area (TPSA) is 273 Å². The van der Waals surface area contributed by atoms with E-state index in [0.29, 0.717) is 18.6 Å². The molecule has 56 heavy (non-hydrogen) atoms. The molecule has 0 unspecified atom stereocenters. The molecule has 306 valence electrons. The smallest absolute Gasteiger partial charge is 0.337 e. The zero-order valence-electron chi connectivity index (χ0n) is 31.7. The van der Waals surface area contributed by atoms with E-state index in [1.54, 1.807) is 6.26 Å². The van der Waals surface area contributed by atoms with Crippen LogP contribution in [0.1, 0.15) is 80.6 Å². The second-order valence-electron chi connectivity index (χ2n) is 13.8. The first-order valence-electron chi connectivity index (χ1n) is 18.4. The monoisotopic (exact) mass is 801 g/mol. The predicted octanol–water partition coefficient (Wildman–Crippen LogP) is -0.220. The number of esters is 1. The van der Waals surface area contributed by atoms with Crippen molar-refractivity contribution in [2.45, 2.75) is 101 Å². The highest BCUT2D eigenvalue weighted by molar-refractivity contribution is 7.98. The average molecular weight is 802 g/mol. The molecule has 0 bridgehead atoms. The molecule has 1 saturated carbocycles. The van der Waals surface area contributed by atoms with E-state index in [1.807, 2.05) is 0 Å². The normalized spacial score (nSPS) is 17.9. The number of carboxylic acids is 1. The lowest BCUT2D eigenvalue weighted by Gasteiger charge is -2.33. The zero-order chi connectivity index (χ0) is 41.4. The highest BCUT2D eigenvalue weighted by atomic mass is 32.2. The van der Waals surface area contributed by atoms with Gasteiger partial charge in [0.25, 0.3) is 0 Å². The summed E-state index contributed by atoms with van der Waals surface area (Å²) in [5.41, 5.74) is 5.49. The van der Waals surface area contributed by atoms with Crippen LogP contribution in [-0.2, 0) is 49.5 Å². The van der Waals surface area contributed by atoms with Crippen LogP contribution in [-0.4, -0.2) is 124 Å². The lowest BCUT2D eigenvalue weighted by Crippen LogP contribution is -2.60. The molecular formula is C37H51N7O11S. The van der Waals surface area contributed by atoms with Gasteiger partial charge in [-0.3, -0.25) is 38.5 Å². The Kier molecular flexibility index (Phi) is 17.9. The number of aromatic nitrogens is 1. The highest BCUT2D eigenvalue weighted by Crippen LogP contribution is 2.27. The van der Waals surface area contributed by atoms with Crippen LogP contribution in [0.15, 0.2) is 30.6 Å². The average Bonchev–Trinajstić information content (AvgIpc) is 3.57. The summed E-state index contributed by atoms with van der Waals surface area (Å²) in [6.07, 6.45) is 10.3. The summed E-state index contributed by atoms with van der Waals surface area (Å²) >= 11 is 1.39. The number of ketones is 1. The number of rotatable bonds is 20. The largest absolute Gasteiger partial charge is 0.478 e. The Balaban J connectivity index is 1.83. The van der Waals surface area contributed by atoms with Crippen LogP contribution in [0, 0.1) is 5.92 Å². The number of carboxylic acid groups (broad SMARTS) is 1. The number of primary amides is 1. The van der Waals surface area contributed by atoms with Crippen LogP contribution in [0.25, 0.3) is 0 Å². The minimum atomic E-state index is -1.29. The molecule has 1 aromatic heterocycles. The Morgan fingerprint density at radius 3 is 2.36 bits per heavy atom. The number of likely N-dealkylation sites (tertiary alicyclic amines) is 1. The summed E-state index contributed by atoms with van der Waals surface area (Å²) in [6, 6.07) is -4.53. The van der Waals surface area contributed by atoms with Gasteiger partial charge in [0.15, 0.2) is 5.78 Å². The first-order valence-corrected chi connectivity index (χ1v) is 19.8. The molecule has 1 aromatic rings. The number of hydrogen-bond donors (Lipinski definition) is 6. The molecule has 2 aliphatic rings. The fraction of sp³-hybridized carbons (Fsp3) is 0.568. The van der Waals surface area contributed by atoms with Crippen LogP contribution in [0.3, 0.4) is 0 Å². The molecule has 2 fully saturated rings. The molecule has 5 atom stereocenters. The van der Waals surface area contributed by atoms with Crippen molar-refractivity contribution in [2.75, 3.05) is 25.7 Å². The Labute approximate surface area is 328 Å². The van der Waals surface area contributed by atoms with E-state index in [1.165, 1.54) is 44.1 Å². The van der Waals surface area contributed by atoms with Gasteiger partial charge in [-0.2, -0.15) is 11.8 Å². The minimum Gasteiger partial charge on any atom is -0.478 e. The standard InChI is InChI=1S/C37H51N7O11S/c1-21(32(38)48)40-35(51)31(23-9-5-4-6-10-23)43-34(50)28-17-25(45)20-44(28)36(52)27(13-14-56-3)42-33(49)26(11-7-8-12-30(47)55-2)41-29(46)16-22-15-24(37(53)54)19-39-18-22/h8,12,15,18-19,21,23,26-28,31H,4-7,9-11,13-14,16-17,20H2,1-3H3,(H2,38,48)(H,40,51)(H,41,46)(H,42,49)(H,43,50)(H,53,54)/b12-8+/t21-,26-,27-,28-,31-/m0/s1. The minimum absolute atomic E-state index is 0.0197. The van der Waals surface area contributed by atoms with Gasteiger partial charge < -0.3 is 41.7 Å². The second-order valence-corrected chi connectivity index (χ2v) is 14.8. The molecule has 2 heterocycles. The summed E-state index contributed by atoms with van der Waals surface area (Å²) < 4.78 is 4.59. The van der Waals surface area contributed by atoms with Crippen LogP contribution in [0.2, 0.25) is 0 Å². The molecule has 1 aliphatic heterocycles. The van der Waals surface area contributed by atoms with E-state index in [9.17, 15) is 48.3 Å². The maximum Gasteiger partial charge on any atom is 0.337 e. The SMILES string of the molecule is COC(=O)/C=C/CC[C@H](NC(=O)Cc1cncc(C(=O)O)c1)C(=O)N[C@@H](CCSC)C(=O)N1CC(=O)C[C@H]1C(=O)N[C@H](C(=O)N[C@@H](C)C(N)=O)C1CCCCC1. The summed E-state index contributed by atoms with van der Waals surface area (Å²) in [6.45, 7) is 1.01. The van der Waals surface area contributed by atoms with Crippen molar-refractivity contribution < 1.29 is 53.0 Å². The number of nitrogens with two attached hydrogens (primary N) is 1. The molecule has 1 aliphatic carbocycles. The van der Waals surface area contributed by atoms with Crippen molar-refractivity contribution in [1.82, 2.24) is 31.2 Å². The van der Waals surface area contributed by atoms with Gasteiger partial charge in [-0.1, -0.05) is 25.3 Å². The van der Waals surface area contributed by atoms with E-state index < -0.39 is 89.9 Å². The predicted molar refractivity (Wildman–Crippen MR) is 203 cm³/mol. The number of carbonyl (C=O) groups excluding carboxylic acids is 8. The third-order valence-electron chi connectivity index (χ3n) is 9.58. The number of hydrogen-bond acceptors (Lipinski definition) is 12. The van der Waals surface area contributed by atoms with Crippen LogP contribution in [0.5, 0.6) is 0 Å². The molecule has 0 spiro atoms. The van der Waals surface area contributed by atoms with E-state index in [0.717, 1.165) is 36.4 Å². The number of aromatic carboxylic acids is 1. The highest BCUT2D eigenvalue weighted by Gasteiger charge is 2.43. The van der Waals surface area contributed by atoms with Crippen molar-refractivity contribution >= 4 is 64.9 Å². The summed E-state index contributed by atoms with van der Waals surface area (Å²) in [5, 5.41) is 19.9. The lowest BCUT2D eigenvalue weighted by atomic mass is 9.83. The number of nitrogens with one attached hydrogen (secondary N) is 4. The number of thioether (sulfide) groups is 1. The molecule has 3 rings (SSSR count). The van der Waals surface area contributed by atoms with Crippen LogP contribution < -0.4 is 27.0 Å². The van der Waals surface area contributed by atoms with E-state index >= 15 is 0 Å². The van der Waals surface area contributed by atoms with Crippen molar-refractivity contribution in [3.05, 3.63) is 41.7 Å². The fourth-order valence-electron chi connectivity index (χ4n) is 6.52. The van der Waals surface area contributed by atoms with Gasteiger partial charge >= 0.3 is 11.9 Å². The molecule has 19 heteroatoms. The van der Waals surface area contributed by atoms with Crippen molar-refractivity contribution in [2.24, 2.45) is 11.7 Å². The van der Waals surface area contributed by atoms with Gasteiger partial charge in [-0.25, -0.2) is 9.59 Å². The Hall–Kier alpha value is -5.33. The third kappa shape index (κ3) is 13.8. The number of carbonyl (C=O) groups is 9. The van der Waals surface area contributed by atoms with Crippen LogP contribution in [0.4, 0.5) is 0 Å². The number of methoxy groups -OCH3 is 1. The lowest BCUT2D eigenvalue weighted by molar-refractivity contribution is -0.143. The number of amides is 6. The van der Waals surface area contributed by atoms with Crippen molar-refractivity contribution in [3.63, 3.8) is 0 Å². The Morgan fingerprint density at radius 1 is 1.00 bits per heavy atom. The van der Waals surface area contributed by atoms with Crippen LogP contribution >= 0.6 is 11.8 Å². The molecule has 7 N–H and O–H groups in total. The molecule has 1 saturated heterocycles. The summed E-state index contributed by atoms with van der Waals surface area (Å²) in [5.74, 6) is -6.36. The maximum atomic E-state index is 14.2. The maximum absolute atomic E-state index is 14.2. The Bertz CT molecular complexity index is 1670. The van der Waals surface area contributed by atoms with Gasteiger partial charge in [-0.05, 0) is 68.6 Å². The summed E-state index contributed by atoms with van der Waals surface area (Å²) in [7, 11) is 1.20. The number of pyridine rings is 1. The van der Waals surface area contributed by atoms with Gasteiger partial charge in [-0.15, -0.1) is 0 Å². The molecule has 0 aromatic carbocycles. The van der Waals surface area contributed by atoms with E-state index in [-0.39, 0.29) is 49.1 Å². The van der Waals surface area contributed by atoms with Crippen molar-refractivity contribution in [1.29, 1.82) is 0 Å². The molecular weight excluding hydrogens is 751 g/mol. The first-order chi connectivity index (χ1) is 26.6. The fourth-order valence-corrected chi connectivity index (χ4v) is 6.99. The van der Waals surface area contributed by atoms with E-state index in [2.05, 4.69) is 31.0 Å². The molecule has 0 radical (unpaired) electrons. The number of allylic oxidation sites excluding steroid dienone is 1. The summed E-state index contributed by atoms with van der Waals surface area (Å²) in [4.78, 5) is 121. The third-order valence-corrected chi connectivity index (χ3v) is 10.2. The zero-order valence-corrected chi connectivity index (χ0v) is 32.6. The number of Topliss-reactive ketones (excluding diaryl/α,β-unsaturated/α-hetero) is 1. The first kappa shape index (κ1) is 45.1. The second kappa shape index (κ2) is 22.3. The molecule has 6 amide bonds. The Morgan fingerprint density at radius 2 is 1.71 bits per heavy atom. The van der Waals surface area contributed by atoms with Gasteiger partial charge in [0.1, 0.15) is 30.2 Å². The van der Waals surface area contributed by atoms with Crippen molar-refractivity contribution in [3.8, 4) is 0 Å².